The Balaban J connectivity index is 2.46. The third-order valence-corrected chi connectivity index (χ3v) is 12.0. The van der Waals surface area contributed by atoms with Gasteiger partial charge in [-0.1, -0.05) is 147 Å². The lowest BCUT2D eigenvalue weighted by Gasteiger charge is -2.41. The highest BCUT2D eigenvalue weighted by molar-refractivity contribution is 7.47. The van der Waals surface area contributed by atoms with Gasteiger partial charge in [-0.15, -0.1) is 0 Å². The molecule has 352 valence electrons. The minimum absolute atomic E-state index is 0.0867. The number of unbranched alkanes of at least 4 members (excludes halogenated alkanes) is 23. The highest BCUT2D eigenvalue weighted by atomic mass is 31.2. The van der Waals surface area contributed by atoms with Crippen molar-refractivity contribution >= 4 is 19.8 Å². The van der Waals surface area contributed by atoms with E-state index in [1.807, 2.05) is 0 Å². The van der Waals surface area contributed by atoms with Crippen LogP contribution in [0.3, 0.4) is 0 Å². The number of phosphoric ester groups is 1. The van der Waals surface area contributed by atoms with E-state index in [0.29, 0.717) is 12.8 Å². The summed E-state index contributed by atoms with van der Waals surface area (Å²) >= 11 is 0. The molecule has 0 aliphatic heterocycles. The maximum Gasteiger partial charge on any atom is 0.472 e. The number of esters is 2. The van der Waals surface area contributed by atoms with Crippen LogP contribution in [0.4, 0.5) is 0 Å². The Morgan fingerprint density at radius 3 is 1.27 bits per heavy atom. The van der Waals surface area contributed by atoms with Gasteiger partial charge >= 0.3 is 19.8 Å². The molecule has 1 fully saturated rings. The molecule has 0 aromatic carbocycles. The molecule has 0 radical (unpaired) electrons. The number of rotatable bonds is 39. The molecule has 0 spiro atoms. The largest absolute Gasteiger partial charge is 0.472 e. The van der Waals surface area contributed by atoms with Gasteiger partial charge in [-0.3, -0.25) is 18.6 Å². The van der Waals surface area contributed by atoms with Gasteiger partial charge in [0, 0.05) is 12.8 Å². The van der Waals surface area contributed by atoms with Crippen LogP contribution in [0.2, 0.25) is 0 Å². The zero-order valence-corrected chi connectivity index (χ0v) is 38.2. The second kappa shape index (κ2) is 36.8. The molecule has 8 atom stereocenters. The van der Waals surface area contributed by atoms with E-state index in [1.165, 1.54) is 83.5 Å². The van der Waals surface area contributed by atoms with Gasteiger partial charge in [0.1, 0.15) is 43.2 Å². The molecule has 1 saturated carbocycles. The number of phosphoric acid groups is 1. The number of hydrogen-bond acceptors (Lipinski definition) is 12. The van der Waals surface area contributed by atoms with Crippen LogP contribution in [-0.2, 0) is 32.7 Å². The SMILES string of the molecule is CCCCCCCC/C=C\CCCCCCCC(=O)O[C@H](COC(=O)CCCCCCC/C=C\CCCCCCCCC)COP(=O)(O)OC1C(O)C(O)C(O)[C@@H](O)C1O. The molecule has 14 heteroatoms. The molecule has 13 nitrogen and oxygen atoms in total. The average molecular weight is 877 g/mol. The molecule has 60 heavy (non-hydrogen) atoms. The Morgan fingerprint density at radius 2 is 0.850 bits per heavy atom. The number of carbonyl (C=O) groups is 2. The molecule has 0 bridgehead atoms. The van der Waals surface area contributed by atoms with Crippen molar-refractivity contribution in [2.75, 3.05) is 13.2 Å². The molecule has 0 saturated heterocycles. The maximum absolute atomic E-state index is 12.8. The first-order valence-corrected chi connectivity index (χ1v) is 25.1. The van der Waals surface area contributed by atoms with Crippen molar-refractivity contribution in [1.29, 1.82) is 0 Å². The van der Waals surface area contributed by atoms with E-state index in [9.17, 15) is 44.6 Å². The lowest BCUT2D eigenvalue weighted by atomic mass is 9.85. The van der Waals surface area contributed by atoms with E-state index in [4.69, 9.17) is 18.5 Å². The van der Waals surface area contributed by atoms with E-state index in [0.717, 1.165) is 77.0 Å². The van der Waals surface area contributed by atoms with E-state index in [-0.39, 0.29) is 12.8 Å². The predicted octanol–water partition coefficient (Wildman–Crippen LogP) is 9.23. The average Bonchev–Trinajstić information content (AvgIpc) is 3.23. The Labute approximate surface area is 362 Å². The summed E-state index contributed by atoms with van der Waals surface area (Å²) in [5, 5.41) is 50.1. The molecule has 1 aliphatic carbocycles. The minimum Gasteiger partial charge on any atom is -0.462 e. The van der Waals surface area contributed by atoms with Crippen LogP contribution in [0.25, 0.3) is 0 Å². The van der Waals surface area contributed by atoms with E-state index in [2.05, 4.69) is 38.2 Å². The summed E-state index contributed by atoms with van der Waals surface area (Å²) in [6.45, 7) is 3.28. The minimum atomic E-state index is -5.12. The fraction of sp³-hybridized carbons (Fsp3) is 0.870. The summed E-state index contributed by atoms with van der Waals surface area (Å²) in [4.78, 5) is 35.7. The second-order valence-corrected chi connectivity index (χ2v) is 18.0. The van der Waals surface area contributed by atoms with Crippen molar-refractivity contribution in [1.82, 2.24) is 0 Å². The molecule has 0 aromatic rings. The Bertz CT molecular complexity index is 1150. The molecule has 1 aliphatic rings. The van der Waals surface area contributed by atoms with Crippen molar-refractivity contribution in [3.8, 4) is 0 Å². The van der Waals surface area contributed by atoms with Crippen LogP contribution in [0.15, 0.2) is 24.3 Å². The molecule has 1 rings (SSSR count). The zero-order valence-electron chi connectivity index (χ0n) is 37.3. The van der Waals surface area contributed by atoms with Gasteiger partial charge in [-0.25, -0.2) is 4.57 Å². The summed E-state index contributed by atoms with van der Waals surface area (Å²) < 4.78 is 33.5. The lowest BCUT2D eigenvalue weighted by Crippen LogP contribution is -2.64. The van der Waals surface area contributed by atoms with Crippen molar-refractivity contribution in [2.24, 2.45) is 0 Å². The molecule has 6 N–H and O–H groups in total. The van der Waals surface area contributed by atoms with Gasteiger partial charge in [0.15, 0.2) is 6.10 Å². The van der Waals surface area contributed by atoms with Crippen LogP contribution in [0.1, 0.15) is 200 Å². The van der Waals surface area contributed by atoms with E-state index in [1.54, 1.807) is 0 Å². The summed E-state index contributed by atoms with van der Waals surface area (Å²) in [7, 11) is -5.12. The fourth-order valence-corrected chi connectivity index (χ4v) is 8.13. The van der Waals surface area contributed by atoms with Gasteiger partial charge < -0.3 is 39.9 Å². The number of aliphatic hydroxyl groups is 5. The van der Waals surface area contributed by atoms with E-state index >= 15 is 0 Å². The van der Waals surface area contributed by atoms with Crippen LogP contribution >= 0.6 is 7.82 Å². The molecule has 0 heterocycles. The van der Waals surface area contributed by atoms with Gasteiger partial charge in [-0.05, 0) is 64.2 Å². The molecular weight excluding hydrogens is 791 g/mol. The molecule has 0 aromatic heterocycles. The highest BCUT2D eigenvalue weighted by Gasteiger charge is 2.51. The van der Waals surface area contributed by atoms with Crippen molar-refractivity contribution in [3.05, 3.63) is 24.3 Å². The molecule has 6 unspecified atom stereocenters. The number of aliphatic hydroxyl groups excluding tert-OH is 5. The third kappa shape index (κ3) is 28.8. The standard InChI is InChI=1S/C46H85O13P/c1-3-5-7-9-11-13-15-17-19-21-22-24-26-28-30-32-34-39(47)56-36-38(37-57-60(54,55)59-46-44(52)42(50)41(49)43(51)45(46)53)58-40(48)35-33-31-29-27-25-23-20-18-16-14-12-10-8-6-4-2/h18-21,38,41-46,49-53H,3-17,22-37H2,1-2H3,(H,54,55)/b20-18-,21-19-/t38-,41?,42-,43?,44?,45?,46?/m1/s1. The lowest BCUT2D eigenvalue weighted by molar-refractivity contribution is -0.220. The second-order valence-electron chi connectivity index (χ2n) is 16.6. The van der Waals surface area contributed by atoms with Gasteiger partial charge in [0.25, 0.3) is 0 Å². The van der Waals surface area contributed by atoms with E-state index < -0.39 is 75.7 Å². The Morgan fingerprint density at radius 1 is 0.500 bits per heavy atom. The summed E-state index contributed by atoms with van der Waals surface area (Å²) in [6, 6.07) is 0. The van der Waals surface area contributed by atoms with Gasteiger partial charge in [0.05, 0.1) is 6.61 Å². The van der Waals surface area contributed by atoms with Gasteiger partial charge in [-0.2, -0.15) is 0 Å². The topological polar surface area (TPSA) is 210 Å². The number of ether oxygens (including phenoxy) is 2. The molecule has 0 amide bonds. The van der Waals surface area contributed by atoms with Crippen molar-refractivity contribution in [2.45, 2.75) is 243 Å². The predicted molar refractivity (Wildman–Crippen MR) is 235 cm³/mol. The first-order chi connectivity index (χ1) is 28.9. The quantitative estimate of drug-likeness (QED) is 0.0147. The van der Waals surface area contributed by atoms with Crippen LogP contribution < -0.4 is 0 Å². The van der Waals surface area contributed by atoms with Crippen molar-refractivity contribution < 1.29 is 63.1 Å². The fourth-order valence-electron chi connectivity index (χ4n) is 7.16. The number of carbonyl (C=O) groups excluding carboxylic acids is 2. The Hall–Kier alpha value is -1.67. The molecular formula is C46H85O13P. The first kappa shape index (κ1) is 56.3. The highest BCUT2D eigenvalue weighted by Crippen LogP contribution is 2.47. The summed E-state index contributed by atoms with van der Waals surface area (Å²) in [6.07, 6.45) is 26.6. The monoisotopic (exact) mass is 877 g/mol. The van der Waals surface area contributed by atoms with Crippen LogP contribution in [0.5, 0.6) is 0 Å². The number of hydrogen-bond donors (Lipinski definition) is 6. The maximum atomic E-state index is 12.8. The van der Waals surface area contributed by atoms with Crippen LogP contribution in [0, 0.1) is 0 Å². The summed E-state index contributed by atoms with van der Waals surface area (Å²) in [5.41, 5.74) is 0. The smallest absolute Gasteiger partial charge is 0.462 e. The first-order valence-electron chi connectivity index (χ1n) is 23.6. The van der Waals surface area contributed by atoms with Gasteiger partial charge in [0.2, 0.25) is 0 Å². The summed E-state index contributed by atoms with van der Waals surface area (Å²) in [5.74, 6) is -1.11. The van der Waals surface area contributed by atoms with Crippen molar-refractivity contribution in [3.63, 3.8) is 0 Å². The zero-order chi connectivity index (χ0) is 44.3. The normalized spacial score (nSPS) is 22.3. The number of allylic oxidation sites excluding steroid dienone is 4. The van der Waals surface area contributed by atoms with Crippen LogP contribution in [-0.4, -0.2) is 98.3 Å². The third-order valence-electron chi connectivity index (χ3n) is 11.0. The Kier molecular flexibility index (Phi) is 34.5.